The van der Waals surface area contributed by atoms with Crippen LogP contribution < -0.4 is 0 Å². The summed E-state index contributed by atoms with van der Waals surface area (Å²) in [6, 6.07) is 0. The van der Waals surface area contributed by atoms with Gasteiger partial charge in [-0.15, -0.1) is 0 Å². The van der Waals surface area contributed by atoms with Crippen LogP contribution in [0.3, 0.4) is 0 Å². The normalized spacial score (nSPS) is 57.8. The Morgan fingerprint density at radius 1 is 0.879 bits per heavy atom. The molecular formula is C31H52O2. The van der Waals surface area contributed by atoms with E-state index in [0.29, 0.717) is 23.2 Å². The zero-order valence-corrected chi connectivity index (χ0v) is 23.1. The summed E-state index contributed by atoms with van der Waals surface area (Å²) in [5.74, 6) is 3.35. The van der Waals surface area contributed by atoms with Crippen molar-refractivity contribution in [2.45, 2.75) is 119 Å². The van der Waals surface area contributed by atoms with Gasteiger partial charge in [-0.05, 0) is 102 Å². The van der Waals surface area contributed by atoms with E-state index in [0.717, 1.165) is 24.7 Å². The number of fused-ring (bicyclic) bond motifs is 7. The summed E-state index contributed by atoms with van der Waals surface area (Å²) >= 11 is 0. The van der Waals surface area contributed by atoms with Gasteiger partial charge < -0.3 is 9.84 Å². The van der Waals surface area contributed by atoms with Crippen molar-refractivity contribution in [2.24, 2.45) is 56.7 Å². The van der Waals surface area contributed by atoms with Crippen molar-refractivity contribution in [1.29, 1.82) is 0 Å². The summed E-state index contributed by atoms with van der Waals surface area (Å²) in [4.78, 5) is 0. The fraction of sp³-hybridized carbons (Fsp3) is 0.935. The third-order valence-corrected chi connectivity index (χ3v) is 13.6. The minimum Gasteiger partial charge on any atom is -0.393 e. The molecule has 188 valence electrons. The van der Waals surface area contributed by atoms with E-state index >= 15 is 0 Å². The summed E-state index contributed by atoms with van der Waals surface area (Å²) in [6.07, 6.45) is 12.8. The zero-order valence-electron chi connectivity index (χ0n) is 23.1. The number of ether oxygens (including phenoxy) is 1. The van der Waals surface area contributed by atoms with Crippen LogP contribution in [-0.4, -0.2) is 24.4 Å². The highest BCUT2D eigenvalue weighted by molar-refractivity contribution is 5.36. The molecular weight excluding hydrogens is 404 g/mol. The quantitative estimate of drug-likeness (QED) is 0.411. The van der Waals surface area contributed by atoms with Gasteiger partial charge in [-0.2, -0.15) is 0 Å². The molecule has 0 heterocycles. The van der Waals surface area contributed by atoms with Gasteiger partial charge in [0.25, 0.3) is 0 Å². The van der Waals surface area contributed by atoms with E-state index in [1.807, 2.05) is 7.11 Å². The molecule has 0 radical (unpaired) electrons. The molecule has 5 rings (SSSR count). The highest BCUT2D eigenvalue weighted by Gasteiger charge is 2.70. The van der Waals surface area contributed by atoms with E-state index in [2.05, 4.69) is 61.5 Å². The number of allylic oxidation sites excluding steroid dienone is 1. The topological polar surface area (TPSA) is 29.5 Å². The number of aliphatic hydroxyl groups excluding tert-OH is 1. The van der Waals surface area contributed by atoms with Crippen LogP contribution in [0.5, 0.6) is 0 Å². The summed E-state index contributed by atoms with van der Waals surface area (Å²) in [7, 11) is 1.97. The molecule has 5 aliphatic carbocycles. The van der Waals surface area contributed by atoms with E-state index < -0.39 is 0 Å². The average Bonchev–Trinajstić information content (AvgIpc) is 2.74. The van der Waals surface area contributed by atoms with Gasteiger partial charge in [0.15, 0.2) is 0 Å². The Morgan fingerprint density at radius 2 is 1.58 bits per heavy atom. The van der Waals surface area contributed by atoms with Gasteiger partial charge >= 0.3 is 0 Å². The highest BCUT2D eigenvalue weighted by atomic mass is 16.5. The molecule has 0 saturated heterocycles. The van der Waals surface area contributed by atoms with Crippen molar-refractivity contribution < 1.29 is 9.84 Å². The smallest absolute Gasteiger partial charge is 0.0793 e. The van der Waals surface area contributed by atoms with Gasteiger partial charge in [0.05, 0.1) is 12.2 Å². The first-order valence-corrected chi connectivity index (χ1v) is 14.2. The lowest BCUT2D eigenvalue weighted by molar-refractivity contribution is -0.228. The van der Waals surface area contributed by atoms with Crippen LogP contribution >= 0.6 is 0 Å². The Labute approximate surface area is 204 Å². The maximum atomic E-state index is 11.0. The molecule has 0 spiro atoms. The molecule has 33 heavy (non-hydrogen) atoms. The minimum absolute atomic E-state index is 0.0179. The molecule has 1 N–H and O–H groups in total. The Hall–Kier alpha value is -0.340. The van der Waals surface area contributed by atoms with Crippen molar-refractivity contribution >= 4 is 0 Å². The molecule has 11 atom stereocenters. The zero-order chi connectivity index (χ0) is 24.2. The predicted octanol–water partition coefficient (Wildman–Crippen LogP) is 7.65. The Bertz CT molecular complexity index is 829. The summed E-state index contributed by atoms with van der Waals surface area (Å²) in [5.41, 5.74) is 2.94. The van der Waals surface area contributed by atoms with Gasteiger partial charge in [0, 0.05) is 13.0 Å². The third-order valence-electron chi connectivity index (χ3n) is 13.6. The molecule has 4 saturated carbocycles. The number of hydrogen-bond acceptors (Lipinski definition) is 2. The van der Waals surface area contributed by atoms with E-state index in [9.17, 15) is 5.11 Å². The SMILES string of the molecule is COC1C=C2C3C(C)C(C)CCC3(C)CCC2(C)C2(C)CCC3C(C)(C)C(O)CCC3(C)C12. The van der Waals surface area contributed by atoms with Crippen molar-refractivity contribution in [2.75, 3.05) is 7.11 Å². The van der Waals surface area contributed by atoms with Crippen molar-refractivity contribution in [1.82, 2.24) is 0 Å². The second kappa shape index (κ2) is 7.34. The van der Waals surface area contributed by atoms with Crippen LogP contribution in [0, 0.1) is 56.7 Å². The molecule has 0 bridgehead atoms. The Kier molecular flexibility index (Phi) is 5.42. The van der Waals surface area contributed by atoms with Crippen molar-refractivity contribution in [3.05, 3.63) is 11.6 Å². The molecule has 5 aliphatic rings. The minimum atomic E-state index is -0.175. The van der Waals surface area contributed by atoms with Gasteiger partial charge in [-0.1, -0.05) is 67.0 Å². The van der Waals surface area contributed by atoms with Gasteiger partial charge in [0.1, 0.15) is 0 Å². The van der Waals surface area contributed by atoms with Crippen LogP contribution in [-0.2, 0) is 4.74 Å². The third kappa shape index (κ3) is 2.92. The molecule has 0 aromatic heterocycles. The van der Waals surface area contributed by atoms with E-state index in [-0.39, 0.29) is 33.9 Å². The molecule has 2 nitrogen and oxygen atoms in total. The van der Waals surface area contributed by atoms with Crippen molar-refractivity contribution in [3.63, 3.8) is 0 Å². The van der Waals surface area contributed by atoms with Gasteiger partial charge in [0.2, 0.25) is 0 Å². The van der Waals surface area contributed by atoms with Crippen LogP contribution in [0.2, 0.25) is 0 Å². The standard InChI is InChI=1S/C31H52O2/c1-19-10-13-28(5)16-17-30(7)21(25(28)20(19)2)18-22(33-9)26-29(6)14-12-24(32)27(3,4)23(29)11-15-31(26,30)8/h18-20,22-26,32H,10-17H2,1-9H3. The summed E-state index contributed by atoms with van der Waals surface area (Å²) < 4.78 is 6.46. The van der Waals surface area contributed by atoms with E-state index in [1.165, 1.54) is 38.5 Å². The highest BCUT2D eigenvalue weighted by Crippen LogP contribution is 2.75. The number of rotatable bonds is 1. The second-order valence-electron chi connectivity index (χ2n) is 15.0. The van der Waals surface area contributed by atoms with Crippen LogP contribution in [0.15, 0.2) is 11.6 Å². The lowest BCUT2D eigenvalue weighted by atomic mass is 9.33. The second-order valence-corrected chi connectivity index (χ2v) is 15.0. The summed E-state index contributed by atoms with van der Waals surface area (Å²) in [6.45, 7) is 20.3. The van der Waals surface area contributed by atoms with E-state index in [4.69, 9.17) is 4.74 Å². The molecule has 0 aromatic rings. The largest absolute Gasteiger partial charge is 0.393 e. The first-order chi connectivity index (χ1) is 15.3. The molecule has 0 aliphatic heterocycles. The fourth-order valence-electron chi connectivity index (χ4n) is 11.1. The van der Waals surface area contributed by atoms with Gasteiger partial charge in [-0.3, -0.25) is 0 Å². The lowest BCUT2D eigenvalue weighted by Gasteiger charge is -2.72. The molecule has 2 heteroatoms. The van der Waals surface area contributed by atoms with Crippen LogP contribution in [0.1, 0.15) is 107 Å². The first-order valence-electron chi connectivity index (χ1n) is 14.2. The Balaban J connectivity index is 1.66. The molecule has 0 aromatic carbocycles. The number of hydrogen-bond donors (Lipinski definition) is 1. The van der Waals surface area contributed by atoms with Crippen molar-refractivity contribution in [3.8, 4) is 0 Å². The molecule has 4 fully saturated rings. The molecule has 11 unspecified atom stereocenters. The number of aliphatic hydroxyl groups is 1. The first kappa shape index (κ1) is 24.4. The maximum Gasteiger partial charge on any atom is 0.0793 e. The number of methoxy groups -OCH3 is 1. The Morgan fingerprint density at radius 3 is 2.24 bits per heavy atom. The van der Waals surface area contributed by atoms with E-state index in [1.54, 1.807) is 5.57 Å². The monoisotopic (exact) mass is 456 g/mol. The van der Waals surface area contributed by atoms with Crippen LogP contribution in [0.4, 0.5) is 0 Å². The lowest BCUT2D eigenvalue weighted by Crippen LogP contribution is -2.67. The van der Waals surface area contributed by atoms with Gasteiger partial charge in [-0.25, -0.2) is 0 Å². The predicted molar refractivity (Wildman–Crippen MR) is 137 cm³/mol. The molecule has 0 amide bonds. The average molecular weight is 457 g/mol. The fourth-order valence-corrected chi connectivity index (χ4v) is 11.1. The maximum absolute atomic E-state index is 11.0. The summed E-state index contributed by atoms with van der Waals surface area (Å²) in [5, 5.41) is 11.0. The van der Waals surface area contributed by atoms with Crippen LogP contribution in [0.25, 0.3) is 0 Å².